The molecule has 1 N–H and O–H groups in total. The van der Waals surface area contributed by atoms with Crippen LogP contribution in [-0.4, -0.2) is 27.5 Å². The maximum Gasteiger partial charge on any atom is 0.344 e. The zero-order chi connectivity index (χ0) is 15.5. The third kappa shape index (κ3) is 3.68. The Kier molecular flexibility index (Phi) is 5.13. The number of benzene rings is 1. The lowest BCUT2D eigenvalue weighted by molar-refractivity contribution is 0.0941. The van der Waals surface area contributed by atoms with Gasteiger partial charge >= 0.3 is 5.69 Å². The lowest BCUT2D eigenvalue weighted by atomic mass is 10.2. The number of hydrogen-bond donors (Lipinski definition) is 1. The van der Waals surface area contributed by atoms with Gasteiger partial charge in [-0.3, -0.25) is 4.57 Å². The lowest BCUT2D eigenvalue weighted by Crippen LogP contribution is -2.24. The summed E-state index contributed by atoms with van der Waals surface area (Å²) in [6, 6.07) is 5.39. The number of thioether (sulfide) groups is 1. The molecule has 1 aliphatic rings. The van der Waals surface area contributed by atoms with E-state index < -0.39 is 0 Å². The molecule has 1 saturated heterocycles. The summed E-state index contributed by atoms with van der Waals surface area (Å²) in [5, 5.41) is 8.45. The van der Waals surface area contributed by atoms with E-state index >= 15 is 0 Å². The minimum absolute atomic E-state index is 0.0915. The normalized spacial score (nSPS) is 18.0. The second kappa shape index (κ2) is 7.08. The van der Waals surface area contributed by atoms with E-state index in [1.54, 1.807) is 16.7 Å². The quantitative estimate of drug-likeness (QED) is 0.831. The fraction of sp³-hybridized carbons (Fsp3) is 0.429. The zero-order valence-electron chi connectivity index (χ0n) is 11.7. The molecule has 1 aromatic heterocycles. The summed E-state index contributed by atoms with van der Waals surface area (Å²) in [4.78, 5) is 11.9. The Morgan fingerprint density at radius 3 is 3.05 bits per heavy atom. The highest BCUT2D eigenvalue weighted by Crippen LogP contribution is 2.27. The second-order valence-corrected chi connectivity index (χ2v) is 6.87. The molecule has 1 fully saturated rings. The van der Waals surface area contributed by atoms with Gasteiger partial charge in [0.25, 0.3) is 0 Å². The van der Waals surface area contributed by atoms with Crippen LogP contribution in [0.15, 0.2) is 28.2 Å². The van der Waals surface area contributed by atoms with E-state index in [0.717, 1.165) is 25.0 Å². The smallest absolute Gasteiger partial charge is 0.344 e. The molecule has 22 heavy (non-hydrogen) atoms. The van der Waals surface area contributed by atoms with Crippen LogP contribution in [0.2, 0.25) is 10.0 Å². The van der Waals surface area contributed by atoms with Crippen LogP contribution in [0.5, 0.6) is 0 Å². The summed E-state index contributed by atoms with van der Waals surface area (Å²) < 4.78 is 7.21. The summed E-state index contributed by atoms with van der Waals surface area (Å²) in [7, 11) is 0. The van der Waals surface area contributed by atoms with E-state index in [9.17, 15) is 4.79 Å². The number of aromatic nitrogens is 3. The molecule has 2 heterocycles. The van der Waals surface area contributed by atoms with Gasteiger partial charge in [0, 0.05) is 22.4 Å². The average molecular weight is 360 g/mol. The first-order valence-corrected chi connectivity index (χ1v) is 8.71. The predicted molar refractivity (Wildman–Crippen MR) is 87.8 cm³/mol. The van der Waals surface area contributed by atoms with Gasteiger partial charge in [-0.15, -0.1) is 5.10 Å². The number of halogens is 2. The molecule has 1 atom stereocenters. The van der Waals surface area contributed by atoms with E-state index in [0.29, 0.717) is 27.5 Å². The first-order chi connectivity index (χ1) is 10.6. The third-order valence-corrected chi connectivity index (χ3v) is 5.12. The van der Waals surface area contributed by atoms with Crippen molar-refractivity contribution in [1.29, 1.82) is 0 Å². The van der Waals surface area contributed by atoms with Crippen molar-refractivity contribution in [3.05, 3.63) is 44.3 Å². The van der Waals surface area contributed by atoms with Gasteiger partial charge in [0.15, 0.2) is 5.16 Å². The lowest BCUT2D eigenvalue weighted by Gasteiger charge is -2.11. The van der Waals surface area contributed by atoms with Crippen molar-refractivity contribution in [2.24, 2.45) is 0 Å². The maximum absolute atomic E-state index is 11.9. The third-order valence-electron chi connectivity index (χ3n) is 3.51. The van der Waals surface area contributed by atoms with Gasteiger partial charge in [-0.2, -0.15) is 0 Å². The van der Waals surface area contributed by atoms with Crippen LogP contribution in [0.4, 0.5) is 0 Å². The Hall–Kier alpha value is -0.950. The molecular formula is C14H15Cl2N3O2S. The second-order valence-electron chi connectivity index (χ2n) is 5.08. The van der Waals surface area contributed by atoms with E-state index in [1.165, 1.54) is 11.8 Å². The molecule has 3 rings (SSSR count). The Labute approximate surface area is 142 Å². The highest BCUT2D eigenvalue weighted by atomic mass is 35.5. The highest BCUT2D eigenvalue weighted by molar-refractivity contribution is 7.98. The van der Waals surface area contributed by atoms with Crippen LogP contribution in [-0.2, 0) is 17.0 Å². The highest BCUT2D eigenvalue weighted by Gasteiger charge is 2.19. The van der Waals surface area contributed by atoms with Crippen LogP contribution in [0.3, 0.4) is 0 Å². The Bertz CT molecular complexity index is 710. The van der Waals surface area contributed by atoms with Crippen LogP contribution >= 0.6 is 35.0 Å². The minimum atomic E-state index is -0.208. The largest absolute Gasteiger partial charge is 0.376 e. The van der Waals surface area contributed by atoms with Crippen LogP contribution in [0.25, 0.3) is 0 Å². The van der Waals surface area contributed by atoms with E-state index in [4.69, 9.17) is 27.9 Å². The molecule has 0 amide bonds. The summed E-state index contributed by atoms with van der Waals surface area (Å²) in [6.45, 7) is 1.30. The number of H-pyrrole nitrogens is 1. The number of nitrogens with zero attached hydrogens (tertiary/aromatic N) is 2. The fourth-order valence-electron chi connectivity index (χ4n) is 2.35. The van der Waals surface area contributed by atoms with Crippen molar-refractivity contribution in [3.8, 4) is 0 Å². The van der Waals surface area contributed by atoms with Crippen LogP contribution in [0.1, 0.15) is 18.4 Å². The Balaban J connectivity index is 1.71. The molecule has 0 aliphatic carbocycles. The molecule has 1 aliphatic heterocycles. The Morgan fingerprint density at radius 1 is 1.45 bits per heavy atom. The summed E-state index contributed by atoms with van der Waals surface area (Å²) >= 11 is 13.5. The van der Waals surface area contributed by atoms with Gasteiger partial charge in [-0.05, 0) is 30.5 Å². The molecule has 5 nitrogen and oxygen atoms in total. The van der Waals surface area contributed by atoms with Crippen molar-refractivity contribution in [1.82, 2.24) is 14.8 Å². The Morgan fingerprint density at radius 2 is 2.32 bits per heavy atom. The van der Waals surface area contributed by atoms with Crippen LogP contribution < -0.4 is 5.69 Å². The topological polar surface area (TPSA) is 59.9 Å². The number of rotatable bonds is 5. The van der Waals surface area contributed by atoms with Crippen molar-refractivity contribution in [3.63, 3.8) is 0 Å². The first kappa shape index (κ1) is 15.9. The van der Waals surface area contributed by atoms with E-state index in [2.05, 4.69) is 10.2 Å². The van der Waals surface area contributed by atoms with Gasteiger partial charge in [0.1, 0.15) is 0 Å². The SMILES string of the molecule is O=c1[nH]nc(SCc2ccc(Cl)cc2Cl)n1CC1CCCO1. The molecule has 0 spiro atoms. The van der Waals surface area contributed by atoms with Gasteiger partial charge in [-0.25, -0.2) is 9.89 Å². The summed E-state index contributed by atoms with van der Waals surface area (Å²) in [6.07, 6.45) is 2.11. The average Bonchev–Trinajstić information content (AvgIpc) is 3.11. The van der Waals surface area contributed by atoms with Crippen molar-refractivity contribution in [2.75, 3.05) is 6.61 Å². The fourth-order valence-corrected chi connectivity index (χ4v) is 3.86. The molecule has 0 radical (unpaired) electrons. The molecule has 8 heteroatoms. The van der Waals surface area contributed by atoms with Crippen molar-refractivity contribution < 1.29 is 4.74 Å². The van der Waals surface area contributed by atoms with Crippen LogP contribution in [0, 0.1) is 0 Å². The number of aromatic amines is 1. The molecule has 2 aromatic rings. The molecular weight excluding hydrogens is 345 g/mol. The standard InChI is InChI=1S/C14H15Cl2N3O2S/c15-10-4-3-9(12(16)6-10)8-22-14-18-17-13(20)19(14)7-11-2-1-5-21-11/h3-4,6,11H,1-2,5,7-8H2,(H,17,20). The van der Waals surface area contributed by atoms with Gasteiger partial charge in [-0.1, -0.05) is 41.0 Å². The van der Waals surface area contributed by atoms with Gasteiger partial charge < -0.3 is 4.74 Å². The summed E-state index contributed by atoms with van der Waals surface area (Å²) in [5.74, 6) is 0.617. The number of ether oxygens (including phenoxy) is 1. The van der Waals surface area contributed by atoms with E-state index in [1.807, 2.05) is 6.07 Å². The zero-order valence-corrected chi connectivity index (χ0v) is 14.0. The molecule has 118 valence electrons. The van der Waals surface area contributed by atoms with Crippen molar-refractivity contribution in [2.45, 2.75) is 36.4 Å². The van der Waals surface area contributed by atoms with Crippen molar-refractivity contribution >= 4 is 35.0 Å². The van der Waals surface area contributed by atoms with Gasteiger partial charge in [0.2, 0.25) is 0 Å². The molecule has 1 aromatic carbocycles. The van der Waals surface area contributed by atoms with E-state index in [-0.39, 0.29) is 11.8 Å². The minimum Gasteiger partial charge on any atom is -0.376 e. The molecule has 0 bridgehead atoms. The number of hydrogen-bond acceptors (Lipinski definition) is 4. The first-order valence-electron chi connectivity index (χ1n) is 6.97. The maximum atomic E-state index is 11.9. The number of nitrogens with one attached hydrogen (secondary N) is 1. The summed E-state index contributed by atoms with van der Waals surface area (Å²) in [5.41, 5.74) is 0.746. The monoisotopic (exact) mass is 359 g/mol. The predicted octanol–water partition coefficient (Wildman–Crippen LogP) is 3.35. The molecule has 0 saturated carbocycles. The van der Waals surface area contributed by atoms with Gasteiger partial charge in [0.05, 0.1) is 12.6 Å². The molecule has 1 unspecified atom stereocenters.